The van der Waals surface area contributed by atoms with Crippen LogP contribution in [0.25, 0.3) is 0 Å². The van der Waals surface area contributed by atoms with Crippen LogP contribution in [0.1, 0.15) is 25.8 Å². The zero-order valence-corrected chi connectivity index (χ0v) is 19.1. The van der Waals surface area contributed by atoms with E-state index in [0.29, 0.717) is 0 Å². The number of aromatic amines is 1. The lowest BCUT2D eigenvalue weighted by atomic mass is 9.96. The van der Waals surface area contributed by atoms with Crippen molar-refractivity contribution in [1.82, 2.24) is 9.55 Å². The smallest absolute Gasteiger partial charge is 0.345 e. The molecular formula is C12H22N3O13P3. The van der Waals surface area contributed by atoms with Gasteiger partial charge in [-0.2, -0.15) is 8.62 Å². The summed E-state index contributed by atoms with van der Waals surface area (Å²) in [5, 5.41) is 0. The number of H-pyrrole nitrogens is 1. The van der Waals surface area contributed by atoms with Gasteiger partial charge in [-0.15, -0.1) is 0 Å². The van der Waals surface area contributed by atoms with Crippen LogP contribution in [0.5, 0.6) is 0 Å². The number of phosphoric acid groups is 3. The van der Waals surface area contributed by atoms with Gasteiger partial charge in [-0.25, -0.2) is 18.5 Å². The predicted molar refractivity (Wildman–Crippen MR) is 102 cm³/mol. The molecule has 7 N–H and O–H groups in total. The van der Waals surface area contributed by atoms with Crippen molar-refractivity contribution < 1.29 is 51.2 Å². The van der Waals surface area contributed by atoms with Crippen LogP contribution in [0.2, 0.25) is 0 Å². The van der Waals surface area contributed by atoms with Gasteiger partial charge in [0.1, 0.15) is 11.3 Å². The highest BCUT2D eigenvalue weighted by atomic mass is 31.3. The number of nitrogens with one attached hydrogen (secondary N) is 1. The number of aryl methyl sites for hydroxylation is 1. The number of nitrogens with two attached hydrogens (primary N) is 1. The van der Waals surface area contributed by atoms with Gasteiger partial charge in [-0.05, 0) is 20.8 Å². The normalized spacial score (nSPS) is 30.6. The minimum atomic E-state index is -5.68. The molecule has 0 amide bonds. The molecule has 2 heterocycles. The van der Waals surface area contributed by atoms with Crippen LogP contribution < -0.4 is 17.0 Å². The van der Waals surface area contributed by atoms with Gasteiger partial charge in [-0.3, -0.25) is 18.9 Å². The van der Waals surface area contributed by atoms with Crippen LogP contribution in [0, 0.1) is 6.92 Å². The van der Waals surface area contributed by atoms with Crippen molar-refractivity contribution in [2.75, 3.05) is 6.61 Å². The van der Waals surface area contributed by atoms with Crippen LogP contribution >= 0.6 is 23.5 Å². The summed E-state index contributed by atoms with van der Waals surface area (Å²) in [4.78, 5) is 61.8. The first-order valence-electron chi connectivity index (χ1n) is 8.35. The van der Waals surface area contributed by atoms with E-state index in [1.54, 1.807) is 0 Å². The van der Waals surface area contributed by atoms with Gasteiger partial charge in [-0.1, -0.05) is 0 Å². The lowest BCUT2D eigenvalue weighted by Crippen LogP contribution is -2.47. The summed E-state index contributed by atoms with van der Waals surface area (Å²) in [6, 6.07) is -0.899. The Morgan fingerprint density at radius 1 is 1.19 bits per heavy atom. The summed E-state index contributed by atoms with van der Waals surface area (Å²) >= 11 is 0. The van der Waals surface area contributed by atoms with Gasteiger partial charge in [0, 0.05) is 24.2 Å². The number of hydrogen-bond acceptors (Lipinski definition) is 10. The Bertz CT molecular complexity index is 1110. The van der Waals surface area contributed by atoms with E-state index < -0.39 is 58.7 Å². The lowest BCUT2D eigenvalue weighted by molar-refractivity contribution is -0.149. The Morgan fingerprint density at radius 2 is 1.77 bits per heavy atom. The van der Waals surface area contributed by atoms with Crippen LogP contribution in [-0.4, -0.2) is 47.4 Å². The van der Waals surface area contributed by atoms with Crippen molar-refractivity contribution in [3.63, 3.8) is 0 Å². The first-order valence-corrected chi connectivity index (χ1v) is 12.9. The number of phosphoric ester groups is 1. The number of nitrogens with zero attached hydrogens (tertiary/aromatic N) is 1. The van der Waals surface area contributed by atoms with E-state index in [2.05, 4.69) is 18.1 Å². The van der Waals surface area contributed by atoms with Gasteiger partial charge in [0.2, 0.25) is 0 Å². The molecule has 0 aromatic carbocycles. The molecule has 0 spiro atoms. The maximum atomic E-state index is 12.2. The number of hydrogen-bond donors (Lipinski definition) is 6. The van der Waals surface area contributed by atoms with Gasteiger partial charge in [0.05, 0.1) is 6.61 Å². The third-order valence-electron chi connectivity index (χ3n) is 4.40. The average molecular weight is 509 g/mol. The molecule has 1 aliphatic heterocycles. The molecule has 2 rings (SSSR count). The van der Waals surface area contributed by atoms with E-state index in [1.807, 2.05) is 0 Å². The Balaban J connectivity index is 2.19. The van der Waals surface area contributed by atoms with Crippen LogP contribution in [0.3, 0.4) is 0 Å². The highest BCUT2D eigenvalue weighted by Crippen LogP contribution is 2.66. The molecule has 0 bridgehead atoms. The molecule has 0 saturated carbocycles. The van der Waals surface area contributed by atoms with E-state index in [-0.39, 0.29) is 12.0 Å². The average Bonchev–Trinajstić information content (AvgIpc) is 2.76. The minimum absolute atomic E-state index is 0.00531. The molecule has 1 aromatic heterocycles. The molecular weight excluding hydrogens is 487 g/mol. The molecule has 19 heteroatoms. The van der Waals surface area contributed by atoms with Crippen molar-refractivity contribution in [3.8, 4) is 0 Å². The molecule has 0 aliphatic carbocycles. The van der Waals surface area contributed by atoms with Gasteiger partial charge >= 0.3 is 29.2 Å². The maximum absolute atomic E-state index is 12.2. The Kier molecular flexibility index (Phi) is 7.13. The van der Waals surface area contributed by atoms with Crippen LogP contribution in [0.15, 0.2) is 15.8 Å². The molecule has 1 aliphatic rings. The third kappa shape index (κ3) is 6.51. The molecule has 5 atom stereocenters. The van der Waals surface area contributed by atoms with E-state index in [4.69, 9.17) is 20.3 Å². The van der Waals surface area contributed by atoms with Crippen molar-refractivity contribution in [1.29, 1.82) is 0 Å². The second-order valence-corrected chi connectivity index (χ2v) is 11.6. The molecule has 178 valence electrons. The molecule has 3 unspecified atom stereocenters. The minimum Gasteiger partial charge on any atom is -0.345 e. The quantitative estimate of drug-likeness (QED) is 0.239. The second-order valence-electron chi connectivity index (χ2n) is 7.21. The topological polar surface area (TPSA) is 250 Å². The molecule has 1 saturated heterocycles. The molecule has 31 heavy (non-hydrogen) atoms. The van der Waals surface area contributed by atoms with Gasteiger partial charge in [0.15, 0.2) is 0 Å². The molecule has 1 aromatic rings. The van der Waals surface area contributed by atoms with Gasteiger partial charge in [0.25, 0.3) is 5.56 Å². The second kappa shape index (κ2) is 8.41. The monoisotopic (exact) mass is 509 g/mol. The first kappa shape index (κ1) is 26.3. The van der Waals surface area contributed by atoms with Crippen molar-refractivity contribution in [2.24, 2.45) is 5.73 Å². The van der Waals surface area contributed by atoms with Crippen molar-refractivity contribution >= 4 is 23.5 Å². The molecule has 1 fully saturated rings. The van der Waals surface area contributed by atoms with Crippen molar-refractivity contribution in [2.45, 2.75) is 44.6 Å². The van der Waals surface area contributed by atoms with E-state index in [1.165, 1.54) is 27.0 Å². The fourth-order valence-electron chi connectivity index (χ4n) is 2.96. The van der Waals surface area contributed by atoms with Gasteiger partial charge < -0.3 is 30.0 Å². The Hall–Kier alpha value is -0.990. The van der Waals surface area contributed by atoms with E-state index in [9.17, 15) is 33.1 Å². The summed E-state index contributed by atoms with van der Waals surface area (Å²) in [5.74, 6) is 0. The maximum Gasteiger partial charge on any atom is 0.490 e. The zero-order chi connectivity index (χ0) is 24.0. The van der Waals surface area contributed by atoms with E-state index in [0.717, 1.165) is 4.57 Å². The lowest BCUT2D eigenvalue weighted by Gasteiger charge is -2.32. The Morgan fingerprint density at radius 3 is 2.32 bits per heavy atom. The summed E-state index contributed by atoms with van der Waals surface area (Å²) in [6.07, 6.45) is 1.25. The number of aromatic nitrogens is 2. The highest BCUT2D eigenvalue weighted by molar-refractivity contribution is 7.66. The zero-order valence-electron chi connectivity index (χ0n) is 16.4. The summed E-state index contributed by atoms with van der Waals surface area (Å²) < 4.78 is 52.8. The standard InChI is InChI=1S/C12H22N3O13P3/c1-7-5-15(10(17)14-9(7)16)12(3)4-8(13)11(2,26-12)6-25-30(21,22)28-31(23,24)27-29(18,19)20/h5,8H,4,6,13H2,1-3H3,(H,21,22)(H,23,24)(H,14,16,17)(H2,18,19,20)/t8?,11-,12-/m1/s1. The first-order chi connectivity index (χ1) is 13.8. The third-order valence-corrected chi connectivity index (χ3v) is 8.18. The summed E-state index contributed by atoms with van der Waals surface area (Å²) in [5.41, 5.74) is 1.93. The summed E-state index contributed by atoms with van der Waals surface area (Å²) in [7, 11) is -16.6. The fraction of sp³-hybridized carbons (Fsp3) is 0.667. The van der Waals surface area contributed by atoms with Crippen LogP contribution in [-0.2, 0) is 37.3 Å². The summed E-state index contributed by atoms with van der Waals surface area (Å²) in [6.45, 7) is 3.49. The Labute approximate surface area is 174 Å². The fourth-order valence-corrected chi connectivity index (χ4v) is 6.07. The van der Waals surface area contributed by atoms with Crippen molar-refractivity contribution in [3.05, 3.63) is 32.6 Å². The number of ether oxygens (including phenoxy) is 1. The predicted octanol–water partition coefficient (Wildman–Crippen LogP) is -0.633. The largest absolute Gasteiger partial charge is 0.490 e. The number of rotatable bonds is 8. The molecule has 0 radical (unpaired) electrons. The SMILES string of the molecule is Cc1cn([C@@]2(C)CC(N)[C@@](C)(COP(=O)(O)OP(=O)(O)OP(=O)(O)O)O2)c(=O)[nH]c1=O. The molecule has 16 nitrogen and oxygen atoms in total. The highest BCUT2D eigenvalue weighted by Gasteiger charge is 2.53. The van der Waals surface area contributed by atoms with E-state index >= 15 is 0 Å². The van der Waals surface area contributed by atoms with Crippen LogP contribution in [0.4, 0.5) is 0 Å².